The number of carbonyl (C=O) groups excluding carboxylic acids is 1. The van der Waals surface area contributed by atoms with E-state index < -0.39 is 12.1 Å². The summed E-state index contributed by atoms with van der Waals surface area (Å²) in [6.45, 7) is 1.97. The number of unbranched alkanes of at least 4 members (excludes halogenated alkanes) is 3. The maximum atomic E-state index is 12.0. The summed E-state index contributed by atoms with van der Waals surface area (Å²) in [6.07, 6.45) is 4.63. The van der Waals surface area contributed by atoms with Gasteiger partial charge in [-0.3, -0.25) is 0 Å². The average Bonchev–Trinajstić information content (AvgIpc) is 2.50. The van der Waals surface area contributed by atoms with Gasteiger partial charge < -0.3 is 15.6 Å². The molecule has 0 radical (unpaired) electrons. The highest BCUT2D eigenvalue weighted by molar-refractivity contribution is 5.89. The van der Waals surface area contributed by atoms with Crippen molar-refractivity contribution in [1.29, 1.82) is 0 Å². The van der Waals surface area contributed by atoms with Crippen LogP contribution in [0.1, 0.15) is 49.4 Å². The zero-order valence-corrected chi connectivity index (χ0v) is 12.1. The van der Waals surface area contributed by atoms with E-state index in [1.54, 1.807) is 24.3 Å². The van der Waals surface area contributed by atoms with Crippen molar-refractivity contribution in [3.05, 3.63) is 35.9 Å². The third-order valence-electron chi connectivity index (χ3n) is 3.30. The quantitative estimate of drug-likeness (QED) is 0.538. The predicted octanol–water partition coefficient (Wildman–Crippen LogP) is 2.50. The summed E-state index contributed by atoms with van der Waals surface area (Å²) >= 11 is 0. The summed E-state index contributed by atoms with van der Waals surface area (Å²) in [5.41, 5.74) is 6.34. The van der Waals surface area contributed by atoms with E-state index in [-0.39, 0.29) is 12.6 Å². The Kier molecular flexibility index (Phi) is 7.92. The van der Waals surface area contributed by atoms with Crippen LogP contribution in [0, 0.1) is 0 Å². The molecule has 4 heteroatoms. The number of nitrogens with two attached hydrogens (primary N) is 1. The third kappa shape index (κ3) is 5.72. The summed E-state index contributed by atoms with van der Waals surface area (Å²) in [7, 11) is 0. The number of hydrogen-bond donors (Lipinski definition) is 2. The first-order valence-electron chi connectivity index (χ1n) is 7.31. The number of aliphatic hydroxyl groups is 1. The van der Waals surface area contributed by atoms with Gasteiger partial charge in [0.1, 0.15) is 6.10 Å². The summed E-state index contributed by atoms with van der Waals surface area (Å²) in [5.74, 6) is -0.380. The van der Waals surface area contributed by atoms with Gasteiger partial charge in [-0.05, 0) is 25.0 Å². The van der Waals surface area contributed by atoms with Gasteiger partial charge in [0.2, 0.25) is 0 Å². The summed E-state index contributed by atoms with van der Waals surface area (Å²) in [6, 6.07) is 8.32. The molecule has 112 valence electrons. The third-order valence-corrected chi connectivity index (χ3v) is 3.30. The molecule has 0 saturated carbocycles. The van der Waals surface area contributed by atoms with Crippen molar-refractivity contribution >= 4 is 5.97 Å². The lowest BCUT2D eigenvalue weighted by Crippen LogP contribution is -2.41. The van der Waals surface area contributed by atoms with Crippen molar-refractivity contribution in [2.75, 3.05) is 6.61 Å². The average molecular weight is 279 g/mol. The second-order valence-electron chi connectivity index (χ2n) is 5.01. The van der Waals surface area contributed by atoms with Crippen LogP contribution < -0.4 is 5.73 Å². The van der Waals surface area contributed by atoms with Crippen LogP contribution in [0.25, 0.3) is 0 Å². The summed E-state index contributed by atoms with van der Waals surface area (Å²) in [5, 5.41) is 9.18. The fourth-order valence-corrected chi connectivity index (χ4v) is 2.03. The molecule has 1 aromatic rings. The predicted molar refractivity (Wildman–Crippen MR) is 79.5 cm³/mol. The molecule has 0 spiro atoms. The van der Waals surface area contributed by atoms with E-state index in [4.69, 9.17) is 10.5 Å². The topological polar surface area (TPSA) is 72.5 Å². The van der Waals surface area contributed by atoms with Crippen molar-refractivity contribution in [3.63, 3.8) is 0 Å². The second kappa shape index (κ2) is 9.50. The molecule has 0 amide bonds. The van der Waals surface area contributed by atoms with Crippen LogP contribution >= 0.6 is 0 Å². The van der Waals surface area contributed by atoms with Crippen LogP contribution in [0.3, 0.4) is 0 Å². The summed E-state index contributed by atoms with van der Waals surface area (Å²) < 4.78 is 5.45. The Hall–Kier alpha value is -1.39. The maximum absolute atomic E-state index is 12.0. The van der Waals surface area contributed by atoms with Crippen molar-refractivity contribution < 1.29 is 14.6 Å². The minimum atomic E-state index is -0.524. The van der Waals surface area contributed by atoms with E-state index in [2.05, 4.69) is 6.92 Å². The van der Waals surface area contributed by atoms with Gasteiger partial charge in [-0.1, -0.05) is 44.4 Å². The van der Waals surface area contributed by atoms with Crippen molar-refractivity contribution in [3.8, 4) is 0 Å². The molecular formula is C16H25NO3. The van der Waals surface area contributed by atoms with Crippen LogP contribution in [0.15, 0.2) is 30.3 Å². The monoisotopic (exact) mass is 279 g/mol. The molecule has 4 nitrogen and oxygen atoms in total. The molecule has 0 unspecified atom stereocenters. The fourth-order valence-electron chi connectivity index (χ4n) is 2.03. The molecule has 0 saturated heterocycles. The smallest absolute Gasteiger partial charge is 0.338 e. The first-order chi connectivity index (χ1) is 9.69. The first kappa shape index (κ1) is 16.7. The highest BCUT2D eigenvalue weighted by Crippen LogP contribution is 2.13. The number of carbonyl (C=O) groups is 1. The van der Waals surface area contributed by atoms with Crippen LogP contribution in [0.4, 0.5) is 0 Å². The normalized spacial score (nSPS) is 13.8. The number of aliphatic hydroxyl groups excluding tert-OH is 1. The molecular weight excluding hydrogens is 254 g/mol. The van der Waals surface area contributed by atoms with Crippen molar-refractivity contribution in [2.45, 2.75) is 51.2 Å². The van der Waals surface area contributed by atoms with E-state index in [0.717, 1.165) is 25.7 Å². The van der Waals surface area contributed by atoms with Crippen LogP contribution in [0.2, 0.25) is 0 Å². The molecule has 0 fully saturated rings. The molecule has 0 bridgehead atoms. The molecule has 0 heterocycles. The first-order valence-corrected chi connectivity index (χ1v) is 7.31. The summed E-state index contributed by atoms with van der Waals surface area (Å²) in [4.78, 5) is 12.0. The Morgan fingerprint density at radius 2 is 1.95 bits per heavy atom. The Labute approximate surface area is 120 Å². The Bertz CT molecular complexity index is 381. The number of ether oxygens (including phenoxy) is 1. The van der Waals surface area contributed by atoms with Crippen LogP contribution in [-0.4, -0.2) is 29.8 Å². The second-order valence-corrected chi connectivity index (χ2v) is 5.01. The largest absolute Gasteiger partial charge is 0.457 e. The van der Waals surface area contributed by atoms with Gasteiger partial charge in [-0.15, -0.1) is 0 Å². The molecule has 20 heavy (non-hydrogen) atoms. The highest BCUT2D eigenvalue weighted by Gasteiger charge is 2.21. The zero-order valence-electron chi connectivity index (χ0n) is 12.1. The van der Waals surface area contributed by atoms with E-state index >= 15 is 0 Å². The van der Waals surface area contributed by atoms with E-state index in [0.29, 0.717) is 12.0 Å². The standard InChI is InChI=1S/C16H25NO3/c1-2-3-4-8-11-15(14(17)12-18)20-16(19)13-9-6-5-7-10-13/h5-7,9-10,14-15,18H,2-4,8,11-12,17H2,1H3/t14-,15-/m0/s1. The molecule has 2 atom stereocenters. The lowest BCUT2D eigenvalue weighted by atomic mass is 10.0. The van der Waals surface area contributed by atoms with Crippen molar-refractivity contribution in [1.82, 2.24) is 0 Å². The molecule has 1 aromatic carbocycles. The number of esters is 1. The molecule has 0 aliphatic carbocycles. The Balaban J connectivity index is 2.53. The maximum Gasteiger partial charge on any atom is 0.338 e. The lowest BCUT2D eigenvalue weighted by molar-refractivity contribution is 0.0150. The van der Waals surface area contributed by atoms with E-state index in [1.807, 2.05) is 6.07 Å². The van der Waals surface area contributed by atoms with Crippen LogP contribution in [0.5, 0.6) is 0 Å². The minimum absolute atomic E-state index is 0.180. The van der Waals surface area contributed by atoms with Gasteiger partial charge in [0, 0.05) is 0 Å². The zero-order chi connectivity index (χ0) is 14.8. The van der Waals surface area contributed by atoms with Gasteiger partial charge >= 0.3 is 5.97 Å². The minimum Gasteiger partial charge on any atom is -0.457 e. The highest BCUT2D eigenvalue weighted by atomic mass is 16.5. The van der Waals surface area contributed by atoms with E-state index in [1.165, 1.54) is 0 Å². The molecule has 1 rings (SSSR count). The SMILES string of the molecule is CCCCCC[C@H](OC(=O)c1ccccc1)[C@@H](N)CO. The fraction of sp³-hybridized carbons (Fsp3) is 0.562. The van der Waals surface area contributed by atoms with Crippen molar-refractivity contribution in [2.24, 2.45) is 5.73 Å². The van der Waals surface area contributed by atoms with Gasteiger partial charge in [-0.2, -0.15) is 0 Å². The van der Waals surface area contributed by atoms with Gasteiger partial charge in [0.15, 0.2) is 0 Å². The number of rotatable bonds is 9. The molecule has 3 N–H and O–H groups in total. The van der Waals surface area contributed by atoms with Gasteiger partial charge in [-0.25, -0.2) is 4.79 Å². The lowest BCUT2D eigenvalue weighted by Gasteiger charge is -2.22. The molecule has 0 aliphatic heterocycles. The van der Waals surface area contributed by atoms with E-state index in [9.17, 15) is 9.90 Å². The van der Waals surface area contributed by atoms with Gasteiger partial charge in [0.25, 0.3) is 0 Å². The number of benzene rings is 1. The Morgan fingerprint density at radius 1 is 1.25 bits per heavy atom. The molecule has 0 aliphatic rings. The van der Waals surface area contributed by atoms with Crippen LogP contribution in [-0.2, 0) is 4.74 Å². The Morgan fingerprint density at radius 3 is 2.55 bits per heavy atom. The molecule has 0 aromatic heterocycles. The van der Waals surface area contributed by atoms with Gasteiger partial charge in [0.05, 0.1) is 18.2 Å². The number of hydrogen-bond acceptors (Lipinski definition) is 4.